The summed E-state index contributed by atoms with van der Waals surface area (Å²) < 4.78 is 5.00. The molecule has 1 aromatic carbocycles. The van der Waals surface area contributed by atoms with E-state index in [0.29, 0.717) is 6.54 Å². The molecule has 1 aliphatic rings. The topological polar surface area (TPSA) is 72.6 Å². The number of ether oxygens (including phenoxy) is 1. The number of rotatable bonds is 4. The number of benzene rings is 1. The molecule has 1 fully saturated rings. The standard InChI is InChI=1S/C17H24N2O3/c1-12(18)16(20)19-11-7-6-10-14(19)15(17(21)22-2)13-8-4-3-5-9-13/h3-5,8-9,12,14-15H,6-7,10-11,18H2,1-2H3. The number of esters is 1. The lowest BCUT2D eigenvalue weighted by atomic mass is 9.84. The van der Waals surface area contributed by atoms with Crippen molar-refractivity contribution in [2.45, 2.75) is 44.2 Å². The molecule has 1 amide bonds. The summed E-state index contributed by atoms with van der Waals surface area (Å²) in [5.41, 5.74) is 6.65. The lowest BCUT2D eigenvalue weighted by Gasteiger charge is -2.40. The molecule has 0 saturated carbocycles. The van der Waals surface area contributed by atoms with E-state index in [-0.39, 0.29) is 17.9 Å². The second-order valence-corrected chi connectivity index (χ2v) is 5.79. The molecule has 0 bridgehead atoms. The Morgan fingerprint density at radius 2 is 1.95 bits per heavy atom. The summed E-state index contributed by atoms with van der Waals surface area (Å²) in [4.78, 5) is 26.5. The van der Waals surface area contributed by atoms with E-state index < -0.39 is 12.0 Å². The summed E-state index contributed by atoms with van der Waals surface area (Å²) in [5.74, 6) is -0.871. The molecule has 5 heteroatoms. The maximum Gasteiger partial charge on any atom is 0.315 e. The number of nitrogens with zero attached hydrogens (tertiary/aromatic N) is 1. The van der Waals surface area contributed by atoms with E-state index in [1.165, 1.54) is 7.11 Å². The van der Waals surface area contributed by atoms with E-state index in [1.807, 2.05) is 30.3 Å². The van der Waals surface area contributed by atoms with Gasteiger partial charge in [0.15, 0.2) is 0 Å². The van der Waals surface area contributed by atoms with Crippen molar-refractivity contribution in [2.24, 2.45) is 5.73 Å². The number of amides is 1. The highest BCUT2D eigenvalue weighted by atomic mass is 16.5. The molecule has 120 valence electrons. The molecule has 0 radical (unpaired) electrons. The molecular weight excluding hydrogens is 280 g/mol. The highest BCUT2D eigenvalue weighted by molar-refractivity contribution is 5.84. The first kappa shape index (κ1) is 16.5. The lowest BCUT2D eigenvalue weighted by molar-refractivity contribution is -0.147. The van der Waals surface area contributed by atoms with Crippen molar-refractivity contribution in [2.75, 3.05) is 13.7 Å². The van der Waals surface area contributed by atoms with Crippen molar-refractivity contribution in [1.29, 1.82) is 0 Å². The van der Waals surface area contributed by atoms with Crippen LogP contribution in [-0.4, -0.2) is 42.5 Å². The van der Waals surface area contributed by atoms with Gasteiger partial charge >= 0.3 is 5.97 Å². The minimum Gasteiger partial charge on any atom is -0.468 e. The summed E-state index contributed by atoms with van der Waals surface area (Å²) in [5, 5.41) is 0. The highest BCUT2D eigenvalue weighted by Gasteiger charge is 2.39. The molecular formula is C17H24N2O3. The largest absolute Gasteiger partial charge is 0.468 e. The SMILES string of the molecule is COC(=O)C(c1ccccc1)C1CCCCN1C(=O)C(C)N. The predicted octanol–water partition coefficient (Wildman–Crippen LogP) is 1.67. The van der Waals surface area contributed by atoms with Gasteiger partial charge in [0.1, 0.15) is 5.92 Å². The van der Waals surface area contributed by atoms with Crippen LogP contribution in [0.25, 0.3) is 0 Å². The number of hydrogen-bond acceptors (Lipinski definition) is 4. The molecule has 0 aliphatic carbocycles. The third-order valence-corrected chi connectivity index (χ3v) is 4.22. The van der Waals surface area contributed by atoms with Gasteiger partial charge in [0.2, 0.25) is 5.91 Å². The zero-order valence-corrected chi connectivity index (χ0v) is 13.2. The number of likely N-dealkylation sites (tertiary alicyclic amines) is 1. The molecule has 1 heterocycles. The van der Waals surface area contributed by atoms with Crippen molar-refractivity contribution >= 4 is 11.9 Å². The number of nitrogens with two attached hydrogens (primary N) is 1. The van der Waals surface area contributed by atoms with Gasteiger partial charge in [-0.05, 0) is 31.7 Å². The fourth-order valence-corrected chi connectivity index (χ4v) is 3.14. The van der Waals surface area contributed by atoms with E-state index in [4.69, 9.17) is 10.5 Å². The van der Waals surface area contributed by atoms with Gasteiger partial charge in [-0.15, -0.1) is 0 Å². The molecule has 0 aromatic heterocycles. The van der Waals surface area contributed by atoms with Gasteiger partial charge in [-0.3, -0.25) is 9.59 Å². The fourth-order valence-electron chi connectivity index (χ4n) is 3.14. The molecule has 2 rings (SSSR count). The molecule has 22 heavy (non-hydrogen) atoms. The maximum absolute atomic E-state index is 12.4. The van der Waals surface area contributed by atoms with Crippen molar-refractivity contribution < 1.29 is 14.3 Å². The van der Waals surface area contributed by atoms with Gasteiger partial charge in [0.05, 0.1) is 13.2 Å². The number of piperidine rings is 1. The van der Waals surface area contributed by atoms with Gasteiger partial charge < -0.3 is 15.4 Å². The average Bonchev–Trinajstić information content (AvgIpc) is 2.55. The Morgan fingerprint density at radius 3 is 2.55 bits per heavy atom. The summed E-state index contributed by atoms with van der Waals surface area (Å²) >= 11 is 0. The molecule has 1 saturated heterocycles. The second kappa shape index (κ2) is 7.40. The number of carbonyl (C=O) groups is 2. The minimum absolute atomic E-state index is 0.102. The smallest absolute Gasteiger partial charge is 0.315 e. The fraction of sp³-hybridized carbons (Fsp3) is 0.529. The second-order valence-electron chi connectivity index (χ2n) is 5.79. The Hall–Kier alpha value is -1.88. The van der Waals surface area contributed by atoms with Crippen LogP contribution in [0.2, 0.25) is 0 Å². The van der Waals surface area contributed by atoms with Gasteiger partial charge in [-0.25, -0.2) is 0 Å². The van der Waals surface area contributed by atoms with Crippen LogP contribution >= 0.6 is 0 Å². The first-order valence-electron chi connectivity index (χ1n) is 7.75. The van der Waals surface area contributed by atoms with Crippen molar-refractivity contribution in [3.8, 4) is 0 Å². The molecule has 1 aromatic rings. The van der Waals surface area contributed by atoms with E-state index in [1.54, 1.807) is 11.8 Å². The summed E-state index contributed by atoms with van der Waals surface area (Å²) in [7, 11) is 1.39. The van der Waals surface area contributed by atoms with E-state index >= 15 is 0 Å². The molecule has 3 unspecified atom stereocenters. The number of hydrogen-bond donors (Lipinski definition) is 1. The normalized spacial score (nSPS) is 21.0. The summed E-state index contributed by atoms with van der Waals surface area (Å²) in [6.07, 6.45) is 2.72. The van der Waals surface area contributed by atoms with Gasteiger partial charge in [0.25, 0.3) is 0 Å². The van der Waals surface area contributed by atoms with Crippen molar-refractivity contribution in [3.63, 3.8) is 0 Å². The quantitative estimate of drug-likeness (QED) is 0.859. The van der Waals surface area contributed by atoms with Crippen molar-refractivity contribution in [1.82, 2.24) is 4.90 Å². The first-order chi connectivity index (χ1) is 10.6. The van der Waals surface area contributed by atoms with Crippen LogP contribution in [0, 0.1) is 0 Å². The summed E-state index contributed by atoms with van der Waals surface area (Å²) in [6, 6.07) is 8.76. The molecule has 0 spiro atoms. The minimum atomic E-state index is -0.560. The Morgan fingerprint density at radius 1 is 1.27 bits per heavy atom. The third kappa shape index (κ3) is 3.47. The van der Waals surface area contributed by atoms with Crippen LogP contribution < -0.4 is 5.73 Å². The molecule has 2 N–H and O–H groups in total. The van der Waals surface area contributed by atoms with Gasteiger partial charge in [0, 0.05) is 12.6 Å². The summed E-state index contributed by atoms with van der Waals surface area (Å²) in [6.45, 7) is 2.33. The van der Waals surface area contributed by atoms with Crippen LogP contribution in [0.3, 0.4) is 0 Å². The number of methoxy groups -OCH3 is 1. The average molecular weight is 304 g/mol. The lowest BCUT2D eigenvalue weighted by Crippen LogP contribution is -2.53. The van der Waals surface area contributed by atoms with Crippen molar-refractivity contribution in [3.05, 3.63) is 35.9 Å². The zero-order chi connectivity index (χ0) is 16.1. The van der Waals surface area contributed by atoms with Crippen LogP contribution in [0.15, 0.2) is 30.3 Å². The van der Waals surface area contributed by atoms with Crippen LogP contribution in [0.5, 0.6) is 0 Å². The Balaban J connectivity index is 2.35. The Kier molecular flexibility index (Phi) is 5.55. The van der Waals surface area contributed by atoms with E-state index in [2.05, 4.69) is 0 Å². The molecule has 1 aliphatic heterocycles. The predicted molar refractivity (Wildman–Crippen MR) is 84.2 cm³/mol. The van der Waals surface area contributed by atoms with Crippen LogP contribution in [0.1, 0.15) is 37.7 Å². The van der Waals surface area contributed by atoms with E-state index in [0.717, 1.165) is 24.8 Å². The van der Waals surface area contributed by atoms with Gasteiger partial charge in [-0.1, -0.05) is 30.3 Å². The van der Waals surface area contributed by atoms with Crippen LogP contribution in [0.4, 0.5) is 0 Å². The molecule has 3 atom stereocenters. The highest BCUT2D eigenvalue weighted by Crippen LogP contribution is 2.32. The monoisotopic (exact) mass is 304 g/mol. The zero-order valence-electron chi connectivity index (χ0n) is 13.2. The Labute approximate surface area is 131 Å². The molecule has 5 nitrogen and oxygen atoms in total. The third-order valence-electron chi connectivity index (χ3n) is 4.22. The van der Waals surface area contributed by atoms with E-state index in [9.17, 15) is 9.59 Å². The maximum atomic E-state index is 12.4. The first-order valence-corrected chi connectivity index (χ1v) is 7.75. The van der Waals surface area contributed by atoms with Gasteiger partial charge in [-0.2, -0.15) is 0 Å². The van der Waals surface area contributed by atoms with Crippen LogP contribution in [-0.2, 0) is 14.3 Å². The number of carbonyl (C=O) groups excluding carboxylic acids is 2. The Bertz CT molecular complexity index is 516.